The molecule has 4 aromatic rings. The van der Waals surface area contributed by atoms with E-state index < -0.39 is 0 Å². The lowest BCUT2D eigenvalue weighted by atomic mass is 10.0. The third kappa shape index (κ3) is 4.37. The number of carbonyl (C=O) groups is 1. The predicted octanol–water partition coefficient (Wildman–Crippen LogP) is 3.80. The second kappa shape index (κ2) is 8.14. The number of anilines is 2. The first-order valence-corrected chi connectivity index (χ1v) is 9.98. The van der Waals surface area contributed by atoms with E-state index in [4.69, 9.17) is 5.73 Å². The Morgan fingerprint density at radius 2 is 2.00 bits per heavy atom. The Morgan fingerprint density at radius 1 is 1.19 bits per heavy atom. The molecule has 2 aromatic carbocycles. The van der Waals surface area contributed by atoms with Crippen LogP contribution in [0.15, 0.2) is 42.6 Å². The summed E-state index contributed by atoms with van der Waals surface area (Å²) in [5.74, 6) is 0.0688. The van der Waals surface area contributed by atoms with Gasteiger partial charge in [0, 0.05) is 30.3 Å². The van der Waals surface area contributed by atoms with Crippen LogP contribution in [0.3, 0.4) is 0 Å². The minimum absolute atomic E-state index is 0.0687. The van der Waals surface area contributed by atoms with Crippen LogP contribution in [0.2, 0.25) is 0 Å². The van der Waals surface area contributed by atoms with Gasteiger partial charge in [-0.15, -0.1) is 0 Å². The van der Waals surface area contributed by atoms with Crippen LogP contribution in [0.4, 0.5) is 16.2 Å². The van der Waals surface area contributed by atoms with Crippen molar-refractivity contribution in [2.45, 2.75) is 26.7 Å². The summed E-state index contributed by atoms with van der Waals surface area (Å²) < 4.78 is 15.3. The zero-order valence-electron chi connectivity index (χ0n) is 17.6. The molecule has 0 fully saturated rings. The smallest absolute Gasteiger partial charge is 0.229 e. The third-order valence-corrected chi connectivity index (χ3v) is 5.07. The second-order valence-electron chi connectivity index (χ2n) is 7.56. The van der Waals surface area contributed by atoms with Crippen LogP contribution in [0, 0.1) is 12.7 Å². The fourth-order valence-electron chi connectivity index (χ4n) is 3.74. The van der Waals surface area contributed by atoms with Crippen molar-refractivity contribution in [2.75, 3.05) is 11.1 Å². The normalized spacial score (nSPS) is 11.1. The summed E-state index contributed by atoms with van der Waals surface area (Å²) in [7, 11) is 1.82. The molecule has 0 aliphatic heterocycles. The molecule has 0 saturated carbocycles. The van der Waals surface area contributed by atoms with Crippen LogP contribution in [0.1, 0.15) is 23.6 Å². The zero-order valence-corrected chi connectivity index (χ0v) is 17.6. The molecule has 158 valence electrons. The molecule has 3 N–H and O–H groups in total. The Hall–Kier alpha value is -3.81. The van der Waals surface area contributed by atoms with Crippen molar-refractivity contribution in [1.29, 1.82) is 0 Å². The molecule has 0 radical (unpaired) electrons. The Balaban J connectivity index is 1.60. The zero-order chi connectivity index (χ0) is 22.1. The highest BCUT2D eigenvalue weighted by molar-refractivity contribution is 5.92. The Morgan fingerprint density at radius 3 is 2.74 bits per heavy atom. The van der Waals surface area contributed by atoms with Crippen molar-refractivity contribution in [1.82, 2.24) is 19.7 Å². The highest BCUT2D eigenvalue weighted by Gasteiger charge is 2.14. The molecular weight excluding hydrogens is 395 g/mol. The van der Waals surface area contributed by atoms with Crippen LogP contribution in [0.5, 0.6) is 0 Å². The average Bonchev–Trinajstić information content (AvgIpc) is 3.06. The second-order valence-corrected chi connectivity index (χ2v) is 7.56. The van der Waals surface area contributed by atoms with Gasteiger partial charge in [-0.05, 0) is 54.3 Å². The SMILES string of the molecule is CCc1cc(-c2cc(NC(=O)Cc3cc(C)cc(F)c3)nn2C)cc2cnc(N)nc12. The molecule has 2 heterocycles. The van der Waals surface area contributed by atoms with Crippen LogP contribution in [-0.4, -0.2) is 25.7 Å². The van der Waals surface area contributed by atoms with E-state index in [-0.39, 0.29) is 24.1 Å². The summed E-state index contributed by atoms with van der Waals surface area (Å²) in [5.41, 5.74) is 10.8. The average molecular weight is 418 g/mol. The number of rotatable bonds is 5. The topological polar surface area (TPSA) is 98.7 Å². The Kier molecular flexibility index (Phi) is 5.37. The number of amides is 1. The molecule has 2 aromatic heterocycles. The standard InChI is InChI=1S/C23H23FN6O/c1-4-15-9-16(10-17-12-26-23(25)28-22(15)17)19-11-20(29-30(19)3)27-21(31)8-14-5-13(2)6-18(24)7-14/h5-7,9-12H,4,8H2,1-3H3,(H2,25,26,28)(H,27,29,31). The number of fused-ring (bicyclic) bond motifs is 1. The predicted molar refractivity (Wildman–Crippen MR) is 119 cm³/mol. The van der Waals surface area contributed by atoms with Crippen LogP contribution < -0.4 is 11.1 Å². The van der Waals surface area contributed by atoms with Crippen LogP contribution >= 0.6 is 0 Å². The lowest BCUT2D eigenvalue weighted by molar-refractivity contribution is -0.115. The van der Waals surface area contributed by atoms with E-state index in [0.717, 1.165) is 39.7 Å². The van der Waals surface area contributed by atoms with Crippen molar-refractivity contribution in [3.63, 3.8) is 0 Å². The van der Waals surface area contributed by atoms with Crippen molar-refractivity contribution in [2.24, 2.45) is 7.05 Å². The fourth-order valence-corrected chi connectivity index (χ4v) is 3.74. The number of halogens is 1. The molecular formula is C23H23FN6O. The monoisotopic (exact) mass is 418 g/mol. The molecule has 0 aliphatic carbocycles. The minimum Gasteiger partial charge on any atom is -0.368 e. The van der Waals surface area contributed by atoms with E-state index in [2.05, 4.69) is 27.3 Å². The first kappa shape index (κ1) is 20.5. The number of nitrogens with two attached hydrogens (primary N) is 1. The van der Waals surface area contributed by atoms with Gasteiger partial charge in [0.1, 0.15) is 5.82 Å². The number of hydrogen-bond donors (Lipinski definition) is 2. The maximum absolute atomic E-state index is 13.6. The largest absolute Gasteiger partial charge is 0.368 e. The molecule has 31 heavy (non-hydrogen) atoms. The van der Waals surface area contributed by atoms with Crippen molar-refractivity contribution < 1.29 is 9.18 Å². The van der Waals surface area contributed by atoms with E-state index in [0.29, 0.717) is 11.4 Å². The summed E-state index contributed by atoms with van der Waals surface area (Å²) in [6.07, 6.45) is 2.56. The van der Waals surface area contributed by atoms with Crippen molar-refractivity contribution in [3.8, 4) is 11.3 Å². The minimum atomic E-state index is -0.350. The third-order valence-electron chi connectivity index (χ3n) is 5.07. The van der Waals surface area contributed by atoms with Gasteiger partial charge in [-0.3, -0.25) is 9.48 Å². The van der Waals surface area contributed by atoms with Gasteiger partial charge in [0.25, 0.3) is 0 Å². The summed E-state index contributed by atoms with van der Waals surface area (Å²) >= 11 is 0. The molecule has 4 rings (SSSR count). The van der Waals surface area contributed by atoms with Gasteiger partial charge in [-0.25, -0.2) is 14.4 Å². The summed E-state index contributed by atoms with van der Waals surface area (Å²) in [5, 5.41) is 8.10. The first-order valence-electron chi connectivity index (χ1n) is 9.98. The maximum atomic E-state index is 13.6. The molecule has 0 aliphatic rings. The van der Waals surface area contributed by atoms with Gasteiger partial charge in [0.05, 0.1) is 17.6 Å². The number of nitrogens with zero attached hydrogens (tertiary/aromatic N) is 4. The molecule has 0 bridgehead atoms. The van der Waals surface area contributed by atoms with Gasteiger partial charge in [-0.1, -0.05) is 13.0 Å². The number of aryl methyl sites for hydroxylation is 3. The highest BCUT2D eigenvalue weighted by Crippen LogP contribution is 2.28. The molecule has 0 saturated heterocycles. The number of nitrogens with one attached hydrogen (secondary N) is 1. The molecule has 0 spiro atoms. The molecule has 0 unspecified atom stereocenters. The van der Waals surface area contributed by atoms with Gasteiger partial charge in [0.2, 0.25) is 11.9 Å². The number of hydrogen-bond acceptors (Lipinski definition) is 5. The highest BCUT2D eigenvalue weighted by atomic mass is 19.1. The molecule has 7 nitrogen and oxygen atoms in total. The summed E-state index contributed by atoms with van der Waals surface area (Å²) in [6, 6.07) is 10.4. The molecule has 8 heteroatoms. The Bertz CT molecular complexity index is 1280. The summed E-state index contributed by atoms with van der Waals surface area (Å²) in [6.45, 7) is 3.85. The van der Waals surface area contributed by atoms with Crippen LogP contribution in [0.25, 0.3) is 22.2 Å². The van der Waals surface area contributed by atoms with E-state index in [1.165, 1.54) is 12.1 Å². The number of benzene rings is 2. The summed E-state index contributed by atoms with van der Waals surface area (Å²) in [4.78, 5) is 20.9. The van der Waals surface area contributed by atoms with Crippen LogP contribution in [-0.2, 0) is 24.7 Å². The first-order chi connectivity index (χ1) is 14.8. The van der Waals surface area contributed by atoms with Crippen molar-refractivity contribution in [3.05, 3.63) is 65.1 Å². The Labute approximate surface area is 179 Å². The lowest BCUT2D eigenvalue weighted by Crippen LogP contribution is -2.15. The van der Waals surface area contributed by atoms with E-state index in [1.807, 2.05) is 25.2 Å². The van der Waals surface area contributed by atoms with E-state index in [1.54, 1.807) is 23.9 Å². The van der Waals surface area contributed by atoms with E-state index in [9.17, 15) is 9.18 Å². The number of carbonyl (C=O) groups excluding carboxylic acids is 1. The van der Waals surface area contributed by atoms with Gasteiger partial charge in [0.15, 0.2) is 5.82 Å². The fraction of sp³-hybridized carbons (Fsp3) is 0.217. The number of nitrogen functional groups attached to an aromatic ring is 1. The quantitative estimate of drug-likeness (QED) is 0.514. The van der Waals surface area contributed by atoms with Gasteiger partial charge >= 0.3 is 0 Å². The van der Waals surface area contributed by atoms with E-state index >= 15 is 0 Å². The molecule has 0 atom stereocenters. The number of aromatic nitrogens is 4. The maximum Gasteiger partial charge on any atom is 0.229 e. The van der Waals surface area contributed by atoms with Gasteiger partial charge < -0.3 is 11.1 Å². The molecule has 1 amide bonds. The van der Waals surface area contributed by atoms with Gasteiger partial charge in [-0.2, -0.15) is 5.10 Å². The van der Waals surface area contributed by atoms with Crippen molar-refractivity contribution >= 4 is 28.6 Å². The lowest BCUT2D eigenvalue weighted by Gasteiger charge is -2.08.